The SMILES string of the molecule is CCOc1cc([C@@H]2C(C(=O)Nc3ccccc3OC)=C(C)Nc3ncnn32)cc(Br)c1O. The van der Waals surface area contributed by atoms with Crippen molar-refractivity contribution < 1.29 is 19.4 Å². The molecule has 0 spiro atoms. The monoisotopic (exact) mass is 499 g/mol. The molecular formula is C22H22BrN5O4. The molecule has 0 fully saturated rings. The summed E-state index contributed by atoms with van der Waals surface area (Å²) in [5.74, 6) is 1.02. The Morgan fingerprint density at radius 2 is 2.09 bits per heavy atom. The first-order chi connectivity index (χ1) is 15.4. The highest BCUT2D eigenvalue weighted by molar-refractivity contribution is 9.10. The van der Waals surface area contributed by atoms with Crippen molar-refractivity contribution in [1.29, 1.82) is 0 Å². The predicted octanol–water partition coefficient (Wildman–Crippen LogP) is 4.08. The van der Waals surface area contributed by atoms with Crippen LogP contribution in [0.25, 0.3) is 0 Å². The number of aromatic nitrogens is 3. The molecule has 1 aliphatic rings. The molecule has 2 aromatic carbocycles. The van der Waals surface area contributed by atoms with Crippen molar-refractivity contribution in [2.45, 2.75) is 19.9 Å². The summed E-state index contributed by atoms with van der Waals surface area (Å²) in [6, 6.07) is 10.0. The molecule has 10 heteroatoms. The Bertz CT molecular complexity index is 1210. The van der Waals surface area contributed by atoms with Crippen LogP contribution in [-0.4, -0.2) is 39.5 Å². The number of aromatic hydroxyl groups is 1. The number of ether oxygens (including phenoxy) is 2. The number of rotatable bonds is 6. The minimum atomic E-state index is -0.612. The lowest BCUT2D eigenvalue weighted by molar-refractivity contribution is -0.113. The molecule has 9 nitrogen and oxygen atoms in total. The van der Waals surface area contributed by atoms with Crippen molar-refractivity contribution in [2.24, 2.45) is 0 Å². The van der Waals surface area contributed by atoms with Crippen molar-refractivity contribution in [3.63, 3.8) is 0 Å². The smallest absolute Gasteiger partial charge is 0.255 e. The van der Waals surface area contributed by atoms with Gasteiger partial charge in [-0.3, -0.25) is 4.79 Å². The molecule has 4 rings (SSSR count). The highest BCUT2D eigenvalue weighted by Crippen LogP contribution is 2.42. The molecule has 1 amide bonds. The van der Waals surface area contributed by atoms with Crippen LogP contribution in [0.1, 0.15) is 25.5 Å². The van der Waals surface area contributed by atoms with Gasteiger partial charge in [0.2, 0.25) is 5.95 Å². The maximum Gasteiger partial charge on any atom is 0.255 e. The summed E-state index contributed by atoms with van der Waals surface area (Å²) in [5, 5.41) is 20.8. The van der Waals surface area contributed by atoms with Crippen molar-refractivity contribution >= 4 is 33.5 Å². The van der Waals surface area contributed by atoms with Crippen LogP contribution in [-0.2, 0) is 4.79 Å². The van der Waals surface area contributed by atoms with Gasteiger partial charge in [0, 0.05) is 5.70 Å². The van der Waals surface area contributed by atoms with Gasteiger partial charge in [-0.1, -0.05) is 12.1 Å². The molecule has 3 N–H and O–H groups in total. The summed E-state index contributed by atoms with van der Waals surface area (Å²) in [6.45, 7) is 4.01. The first-order valence-electron chi connectivity index (χ1n) is 9.91. The van der Waals surface area contributed by atoms with E-state index >= 15 is 0 Å². The number of fused-ring (bicyclic) bond motifs is 1. The molecule has 3 aromatic rings. The number of carbonyl (C=O) groups excluding carboxylic acids is 1. The lowest BCUT2D eigenvalue weighted by Crippen LogP contribution is -2.31. The Morgan fingerprint density at radius 3 is 2.84 bits per heavy atom. The summed E-state index contributed by atoms with van der Waals surface area (Å²) in [6.07, 6.45) is 1.42. The summed E-state index contributed by atoms with van der Waals surface area (Å²) in [7, 11) is 1.55. The first-order valence-corrected chi connectivity index (χ1v) is 10.7. The molecule has 32 heavy (non-hydrogen) atoms. The number of hydrogen-bond acceptors (Lipinski definition) is 7. The number of benzene rings is 2. The zero-order chi connectivity index (χ0) is 22.8. The van der Waals surface area contributed by atoms with Crippen molar-refractivity contribution in [2.75, 3.05) is 24.4 Å². The van der Waals surface area contributed by atoms with E-state index in [1.807, 2.05) is 19.1 Å². The zero-order valence-electron chi connectivity index (χ0n) is 17.7. The molecular weight excluding hydrogens is 478 g/mol. The van der Waals surface area contributed by atoms with Crippen molar-refractivity contribution in [1.82, 2.24) is 14.8 Å². The van der Waals surface area contributed by atoms with E-state index in [2.05, 4.69) is 36.6 Å². The third-order valence-electron chi connectivity index (χ3n) is 5.06. The largest absolute Gasteiger partial charge is 0.503 e. The van der Waals surface area contributed by atoms with E-state index in [0.717, 1.165) is 0 Å². The molecule has 166 valence electrons. The van der Waals surface area contributed by atoms with Crippen LogP contribution in [0.15, 0.2) is 58.5 Å². The van der Waals surface area contributed by atoms with Crippen LogP contribution in [0.5, 0.6) is 17.2 Å². The molecule has 0 saturated carbocycles. The van der Waals surface area contributed by atoms with Gasteiger partial charge < -0.3 is 25.2 Å². The fourth-order valence-electron chi connectivity index (χ4n) is 3.65. The quantitative estimate of drug-likeness (QED) is 0.468. The van der Waals surface area contributed by atoms with E-state index in [1.54, 1.807) is 43.0 Å². The number of nitrogens with zero attached hydrogens (tertiary/aromatic N) is 3. The second kappa shape index (κ2) is 8.91. The highest BCUT2D eigenvalue weighted by Gasteiger charge is 2.34. The van der Waals surface area contributed by atoms with Crippen LogP contribution in [0.4, 0.5) is 11.6 Å². The molecule has 0 unspecified atom stereocenters. The Labute approximate surface area is 193 Å². The summed E-state index contributed by atoms with van der Waals surface area (Å²) < 4.78 is 13.0. The van der Waals surface area contributed by atoms with Gasteiger partial charge in [-0.15, -0.1) is 0 Å². The maximum atomic E-state index is 13.5. The van der Waals surface area contributed by atoms with Crippen LogP contribution in [0.2, 0.25) is 0 Å². The number of nitrogens with one attached hydrogen (secondary N) is 2. The number of carbonyl (C=O) groups is 1. The topological polar surface area (TPSA) is 111 Å². The van der Waals surface area contributed by atoms with E-state index in [1.165, 1.54) is 6.33 Å². The van der Waals surface area contributed by atoms with Crippen LogP contribution in [0.3, 0.4) is 0 Å². The third-order valence-corrected chi connectivity index (χ3v) is 5.67. The number of amides is 1. The van der Waals surface area contributed by atoms with Crippen molar-refractivity contribution in [3.8, 4) is 17.2 Å². The van der Waals surface area contributed by atoms with E-state index in [4.69, 9.17) is 9.47 Å². The van der Waals surface area contributed by atoms with Gasteiger partial charge in [0.15, 0.2) is 11.5 Å². The fourth-order valence-corrected chi connectivity index (χ4v) is 4.11. The summed E-state index contributed by atoms with van der Waals surface area (Å²) in [5.41, 5.74) is 2.31. The number of hydrogen-bond donors (Lipinski definition) is 3. The fraction of sp³-hybridized carbons (Fsp3) is 0.227. The van der Waals surface area contributed by atoms with E-state index in [-0.39, 0.29) is 11.7 Å². The number of phenolic OH excluding ortho intramolecular Hbond substituents is 1. The van der Waals surface area contributed by atoms with Gasteiger partial charge in [0.05, 0.1) is 29.4 Å². The molecule has 1 aliphatic heterocycles. The molecule has 0 radical (unpaired) electrons. The number of phenols is 1. The molecule has 0 saturated heterocycles. The van der Waals surface area contributed by atoms with Crippen LogP contribution < -0.4 is 20.1 Å². The Morgan fingerprint density at radius 1 is 1.31 bits per heavy atom. The second-order valence-electron chi connectivity index (χ2n) is 7.03. The minimum absolute atomic E-state index is 0.0101. The number of methoxy groups -OCH3 is 1. The maximum absolute atomic E-state index is 13.5. The Kier molecular flexibility index (Phi) is 6.04. The molecule has 1 atom stereocenters. The number of para-hydroxylation sites is 2. The standard InChI is InChI=1S/C22H22BrN5O4/c1-4-32-17-10-13(9-14(23)20(17)29)19-18(12(2)26-22-24-11-25-28(19)22)21(30)27-15-7-5-6-8-16(15)31-3/h5-11,19,29H,4H2,1-3H3,(H,27,30)(H,24,25,26)/t19-/m1/s1. The highest BCUT2D eigenvalue weighted by atomic mass is 79.9. The van der Waals surface area contributed by atoms with E-state index < -0.39 is 6.04 Å². The lowest BCUT2D eigenvalue weighted by Gasteiger charge is -2.29. The van der Waals surface area contributed by atoms with Gasteiger partial charge in [-0.25, -0.2) is 4.68 Å². The molecule has 0 bridgehead atoms. The molecule has 1 aromatic heterocycles. The van der Waals surface area contributed by atoms with Crippen LogP contribution in [0, 0.1) is 0 Å². The third kappa shape index (κ3) is 3.89. The van der Waals surface area contributed by atoms with E-state index in [9.17, 15) is 9.90 Å². The van der Waals surface area contributed by atoms with Gasteiger partial charge in [-0.05, 0) is 59.6 Å². The Hall–Kier alpha value is -3.53. The second-order valence-corrected chi connectivity index (χ2v) is 7.89. The normalized spacial score (nSPS) is 15.1. The summed E-state index contributed by atoms with van der Waals surface area (Å²) >= 11 is 3.38. The minimum Gasteiger partial charge on any atom is -0.503 e. The van der Waals surface area contributed by atoms with Gasteiger partial charge in [0.1, 0.15) is 18.1 Å². The average molecular weight is 500 g/mol. The summed E-state index contributed by atoms with van der Waals surface area (Å²) in [4.78, 5) is 17.8. The van der Waals surface area contributed by atoms with Gasteiger partial charge in [0.25, 0.3) is 5.91 Å². The molecule has 0 aliphatic carbocycles. The van der Waals surface area contributed by atoms with Gasteiger partial charge >= 0.3 is 0 Å². The predicted molar refractivity (Wildman–Crippen MR) is 123 cm³/mol. The lowest BCUT2D eigenvalue weighted by atomic mass is 9.94. The first kappa shape index (κ1) is 21.7. The average Bonchev–Trinajstić information content (AvgIpc) is 3.24. The van der Waals surface area contributed by atoms with Gasteiger partial charge in [-0.2, -0.15) is 10.1 Å². The number of allylic oxidation sites excluding steroid dienone is 1. The Balaban J connectivity index is 1.81. The number of anilines is 2. The number of halogens is 1. The molecule has 2 heterocycles. The zero-order valence-corrected chi connectivity index (χ0v) is 19.3. The van der Waals surface area contributed by atoms with Crippen LogP contribution >= 0.6 is 15.9 Å². The van der Waals surface area contributed by atoms with E-state index in [0.29, 0.717) is 51.0 Å². The van der Waals surface area contributed by atoms with Crippen molar-refractivity contribution in [3.05, 3.63) is 64.0 Å².